The summed E-state index contributed by atoms with van der Waals surface area (Å²) in [6.45, 7) is 11.6. The SMILES string of the molecule is Cc1cc(C(C)(C)C)cc(C)c1C(N)CCN. The summed E-state index contributed by atoms with van der Waals surface area (Å²) in [4.78, 5) is 0. The van der Waals surface area contributed by atoms with Crippen molar-refractivity contribution in [3.63, 3.8) is 0 Å². The lowest BCUT2D eigenvalue weighted by Gasteiger charge is -2.24. The van der Waals surface area contributed by atoms with Crippen LogP contribution in [0, 0.1) is 13.8 Å². The largest absolute Gasteiger partial charge is 0.330 e. The third-order valence-electron chi connectivity index (χ3n) is 3.31. The monoisotopic (exact) mass is 234 g/mol. The molecule has 0 amide bonds. The summed E-state index contributed by atoms with van der Waals surface area (Å²) in [5.41, 5.74) is 17.2. The van der Waals surface area contributed by atoms with Gasteiger partial charge in [-0.05, 0) is 54.5 Å². The molecule has 0 radical (unpaired) electrons. The molecule has 4 N–H and O–H groups in total. The predicted octanol–water partition coefficient (Wildman–Crippen LogP) is 2.95. The highest BCUT2D eigenvalue weighted by Gasteiger charge is 2.18. The van der Waals surface area contributed by atoms with Gasteiger partial charge in [-0.2, -0.15) is 0 Å². The number of benzene rings is 1. The Morgan fingerprint density at radius 3 is 1.94 bits per heavy atom. The van der Waals surface area contributed by atoms with Gasteiger partial charge in [0.05, 0.1) is 0 Å². The first-order chi connectivity index (χ1) is 7.77. The van der Waals surface area contributed by atoms with Crippen LogP contribution in [0.5, 0.6) is 0 Å². The van der Waals surface area contributed by atoms with Crippen LogP contribution in [0.4, 0.5) is 0 Å². The molecule has 0 aliphatic rings. The van der Waals surface area contributed by atoms with Crippen molar-refractivity contribution in [2.75, 3.05) is 6.54 Å². The first-order valence-corrected chi connectivity index (χ1v) is 6.34. The molecular weight excluding hydrogens is 208 g/mol. The van der Waals surface area contributed by atoms with E-state index in [-0.39, 0.29) is 11.5 Å². The summed E-state index contributed by atoms with van der Waals surface area (Å²) >= 11 is 0. The molecule has 0 aliphatic heterocycles. The van der Waals surface area contributed by atoms with Gasteiger partial charge in [0, 0.05) is 6.04 Å². The molecule has 0 fully saturated rings. The predicted molar refractivity (Wildman–Crippen MR) is 75.2 cm³/mol. The molecular formula is C15H26N2. The van der Waals surface area contributed by atoms with Gasteiger partial charge in [-0.1, -0.05) is 32.9 Å². The molecule has 0 spiro atoms. The third kappa shape index (κ3) is 3.30. The topological polar surface area (TPSA) is 52.0 Å². The minimum absolute atomic E-state index is 0.0639. The van der Waals surface area contributed by atoms with Gasteiger partial charge in [-0.15, -0.1) is 0 Å². The summed E-state index contributed by atoms with van der Waals surface area (Å²) in [7, 11) is 0. The van der Waals surface area contributed by atoms with E-state index in [2.05, 4.69) is 46.8 Å². The smallest absolute Gasteiger partial charge is 0.0312 e. The summed E-state index contributed by atoms with van der Waals surface area (Å²) in [6, 6.07) is 4.59. The molecule has 0 saturated carbocycles. The Morgan fingerprint density at radius 1 is 1.12 bits per heavy atom. The zero-order valence-corrected chi connectivity index (χ0v) is 11.8. The van der Waals surface area contributed by atoms with Crippen LogP contribution in [-0.4, -0.2) is 6.54 Å². The standard InChI is InChI=1S/C15H26N2/c1-10-8-12(15(3,4)5)9-11(2)14(10)13(17)6-7-16/h8-9,13H,6-7,16-17H2,1-5H3. The van der Waals surface area contributed by atoms with Gasteiger partial charge in [-0.3, -0.25) is 0 Å². The van der Waals surface area contributed by atoms with Crippen LogP contribution in [0.3, 0.4) is 0 Å². The van der Waals surface area contributed by atoms with E-state index in [0.717, 1.165) is 6.42 Å². The lowest BCUT2D eigenvalue weighted by molar-refractivity contribution is 0.586. The molecule has 0 aliphatic carbocycles. The molecule has 2 nitrogen and oxygen atoms in total. The molecule has 1 rings (SSSR count). The van der Waals surface area contributed by atoms with E-state index in [9.17, 15) is 0 Å². The maximum Gasteiger partial charge on any atom is 0.0312 e. The quantitative estimate of drug-likeness (QED) is 0.845. The van der Waals surface area contributed by atoms with Crippen LogP contribution in [0.15, 0.2) is 12.1 Å². The number of nitrogens with two attached hydrogens (primary N) is 2. The number of aryl methyl sites for hydroxylation is 2. The molecule has 17 heavy (non-hydrogen) atoms. The molecule has 0 aromatic heterocycles. The molecule has 1 aromatic carbocycles. The van der Waals surface area contributed by atoms with Gasteiger partial charge in [0.25, 0.3) is 0 Å². The van der Waals surface area contributed by atoms with E-state index in [0.29, 0.717) is 6.54 Å². The summed E-state index contributed by atoms with van der Waals surface area (Å²) < 4.78 is 0. The zero-order chi connectivity index (χ0) is 13.2. The normalized spacial score (nSPS) is 13.8. The van der Waals surface area contributed by atoms with Crippen molar-refractivity contribution in [1.82, 2.24) is 0 Å². The van der Waals surface area contributed by atoms with Crippen molar-refractivity contribution in [3.8, 4) is 0 Å². The summed E-state index contributed by atoms with van der Waals surface area (Å²) in [5.74, 6) is 0. The fraction of sp³-hybridized carbons (Fsp3) is 0.600. The fourth-order valence-corrected chi connectivity index (χ4v) is 2.32. The summed E-state index contributed by atoms with van der Waals surface area (Å²) in [5, 5.41) is 0. The number of hydrogen-bond acceptors (Lipinski definition) is 2. The molecule has 1 aromatic rings. The van der Waals surface area contributed by atoms with E-state index in [1.165, 1.54) is 22.3 Å². The van der Waals surface area contributed by atoms with Crippen molar-refractivity contribution < 1.29 is 0 Å². The maximum absolute atomic E-state index is 6.19. The molecule has 96 valence electrons. The Hall–Kier alpha value is -0.860. The van der Waals surface area contributed by atoms with E-state index in [1.807, 2.05) is 0 Å². The lowest BCUT2D eigenvalue weighted by atomic mass is 9.82. The fourth-order valence-electron chi connectivity index (χ4n) is 2.32. The van der Waals surface area contributed by atoms with E-state index < -0.39 is 0 Å². The highest BCUT2D eigenvalue weighted by Crippen LogP contribution is 2.29. The third-order valence-corrected chi connectivity index (χ3v) is 3.31. The molecule has 1 atom stereocenters. The van der Waals surface area contributed by atoms with Crippen LogP contribution >= 0.6 is 0 Å². The second-order valence-corrected chi connectivity index (χ2v) is 5.96. The highest BCUT2D eigenvalue weighted by atomic mass is 14.7. The summed E-state index contributed by atoms with van der Waals surface area (Å²) in [6.07, 6.45) is 0.844. The van der Waals surface area contributed by atoms with Gasteiger partial charge in [0.2, 0.25) is 0 Å². The molecule has 0 heterocycles. The van der Waals surface area contributed by atoms with Crippen molar-refractivity contribution in [1.29, 1.82) is 0 Å². The van der Waals surface area contributed by atoms with Crippen LogP contribution in [0.2, 0.25) is 0 Å². The maximum atomic E-state index is 6.19. The molecule has 0 bridgehead atoms. The average molecular weight is 234 g/mol. The number of hydrogen-bond donors (Lipinski definition) is 2. The van der Waals surface area contributed by atoms with E-state index in [1.54, 1.807) is 0 Å². The Balaban J connectivity index is 3.20. The van der Waals surface area contributed by atoms with Crippen LogP contribution in [0.1, 0.15) is 55.5 Å². The van der Waals surface area contributed by atoms with Gasteiger partial charge in [0.15, 0.2) is 0 Å². The average Bonchev–Trinajstić information content (AvgIpc) is 2.15. The lowest BCUT2D eigenvalue weighted by Crippen LogP contribution is -2.19. The Labute approximate surface area is 105 Å². The van der Waals surface area contributed by atoms with Crippen molar-refractivity contribution in [2.45, 2.75) is 52.5 Å². The minimum atomic E-state index is 0.0639. The van der Waals surface area contributed by atoms with Gasteiger partial charge in [-0.25, -0.2) is 0 Å². The molecule has 1 unspecified atom stereocenters. The van der Waals surface area contributed by atoms with Crippen molar-refractivity contribution >= 4 is 0 Å². The first-order valence-electron chi connectivity index (χ1n) is 6.34. The van der Waals surface area contributed by atoms with Crippen LogP contribution in [0.25, 0.3) is 0 Å². The Bertz CT molecular complexity index is 365. The van der Waals surface area contributed by atoms with E-state index >= 15 is 0 Å². The zero-order valence-electron chi connectivity index (χ0n) is 11.8. The van der Waals surface area contributed by atoms with Crippen molar-refractivity contribution in [2.24, 2.45) is 11.5 Å². The van der Waals surface area contributed by atoms with Gasteiger partial charge < -0.3 is 11.5 Å². The second kappa shape index (κ2) is 5.19. The Kier molecular flexibility index (Phi) is 4.34. The first kappa shape index (κ1) is 14.2. The highest BCUT2D eigenvalue weighted by molar-refractivity contribution is 5.42. The van der Waals surface area contributed by atoms with Crippen LogP contribution < -0.4 is 11.5 Å². The number of rotatable bonds is 3. The molecule has 2 heteroatoms. The Morgan fingerprint density at radius 2 is 1.59 bits per heavy atom. The van der Waals surface area contributed by atoms with Gasteiger partial charge >= 0.3 is 0 Å². The van der Waals surface area contributed by atoms with Crippen molar-refractivity contribution in [3.05, 3.63) is 34.4 Å². The second-order valence-electron chi connectivity index (χ2n) is 5.96. The van der Waals surface area contributed by atoms with E-state index in [4.69, 9.17) is 11.5 Å². The van der Waals surface area contributed by atoms with Gasteiger partial charge in [0.1, 0.15) is 0 Å². The molecule has 0 saturated heterocycles. The van der Waals surface area contributed by atoms with Crippen LogP contribution in [-0.2, 0) is 5.41 Å². The minimum Gasteiger partial charge on any atom is -0.330 e.